The second-order valence-corrected chi connectivity index (χ2v) is 11.2. The molecular weight excluding hydrogens is 510 g/mol. The largest absolute Gasteiger partial charge is 0.342 e. The van der Waals surface area contributed by atoms with Crippen molar-refractivity contribution in [2.45, 2.75) is 88.8 Å². The zero-order valence-corrected chi connectivity index (χ0v) is 21.8. The predicted molar refractivity (Wildman–Crippen MR) is 134 cm³/mol. The van der Waals surface area contributed by atoms with Crippen LogP contribution in [0.3, 0.4) is 0 Å². The molecule has 3 amide bonds. The molecule has 2 N–H and O–H groups in total. The Bertz CT molecular complexity index is 1360. The summed E-state index contributed by atoms with van der Waals surface area (Å²) >= 11 is 0. The molecule has 6 rings (SSSR count). The number of nitrogens with zero attached hydrogens (tertiary/aromatic N) is 6. The van der Waals surface area contributed by atoms with Gasteiger partial charge >= 0.3 is 6.03 Å². The Kier molecular flexibility index (Phi) is 6.67. The van der Waals surface area contributed by atoms with Gasteiger partial charge in [0, 0.05) is 37.9 Å². The highest BCUT2D eigenvalue weighted by molar-refractivity contribution is 5.93. The van der Waals surface area contributed by atoms with E-state index in [2.05, 4.69) is 26.0 Å². The standard InChI is InChI=1S/C26H32F2N8O3/c1-15-3-2-10-35(25(38)30-15)13-16-11-20-31-19(14-36(20)29-12-16)21(18-6-8-26(27,28)9-7-18)32-24(37)23-22(17-4-5-17)33-39-34-23/h11-12,14-15,17-18,21H,2-10,13H2,1H3,(H,30,38)(H,32,37). The highest BCUT2D eigenvalue weighted by atomic mass is 19.3. The molecule has 2 aliphatic carbocycles. The summed E-state index contributed by atoms with van der Waals surface area (Å²) in [7, 11) is 0. The number of amides is 3. The van der Waals surface area contributed by atoms with E-state index >= 15 is 0 Å². The first kappa shape index (κ1) is 25.6. The van der Waals surface area contributed by atoms with Crippen molar-refractivity contribution in [3.8, 4) is 0 Å². The molecule has 39 heavy (non-hydrogen) atoms. The smallest absolute Gasteiger partial charge is 0.317 e. The lowest BCUT2D eigenvalue weighted by atomic mass is 9.81. The van der Waals surface area contributed by atoms with Crippen LogP contribution in [0.5, 0.6) is 0 Å². The van der Waals surface area contributed by atoms with Crippen LogP contribution in [0, 0.1) is 5.92 Å². The quantitative estimate of drug-likeness (QED) is 0.462. The number of imidazole rings is 1. The van der Waals surface area contributed by atoms with E-state index in [0.29, 0.717) is 30.1 Å². The maximum atomic E-state index is 14.0. The fraction of sp³-hybridized carbons (Fsp3) is 0.615. The summed E-state index contributed by atoms with van der Waals surface area (Å²) in [5.41, 5.74) is 2.58. The second kappa shape index (κ2) is 10.2. The summed E-state index contributed by atoms with van der Waals surface area (Å²) in [5.74, 6) is -3.22. The maximum absolute atomic E-state index is 14.0. The van der Waals surface area contributed by atoms with Gasteiger partial charge in [-0.1, -0.05) is 5.16 Å². The van der Waals surface area contributed by atoms with Crippen molar-refractivity contribution in [2.75, 3.05) is 6.54 Å². The minimum absolute atomic E-state index is 0.103. The summed E-state index contributed by atoms with van der Waals surface area (Å²) in [6.45, 7) is 3.04. The molecule has 0 radical (unpaired) electrons. The number of hydrogen-bond donors (Lipinski definition) is 2. The molecule has 3 fully saturated rings. The summed E-state index contributed by atoms with van der Waals surface area (Å²) in [5, 5.41) is 18.2. The summed E-state index contributed by atoms with van der Waals surface area (Å²) in [6.07, 6.45) is 7.12. The van der Waals surface area contributed by atoms with Crippen LogP contribution in [0.25, 0.3) is 5.65 Å². The Morgan fingerprint density at radius 3 is 2.79 bits per heavy atom. The molecule has 0 aromatic carbocycles. The van der Waals surface area contributed by atoms with E-state index in [1.165, 1.54) is 0 Å². The van der Waals surface area contributed by atoms with Gasteiger partial charge in [-0.3, -0.25) is 4.79 Å². The lowest BCUT2D eigenvalue weighted by Crippen LogP contribution is -2.40. The van der Waals surface area contributed by atoms with Crippen molar-refractivity contribution in [1.82, 2.24) is 40.4 Å². The van der Waals surface area contributed by atoms with Crippen molar-refractivity contribution in [3.63, 3.8) is 0 Å². The first-order valence-corrected chi connectivity index (χ1v) is 13.7. The maximum Gasteiger partial charge on any atom is 0.317 e. The summed E-state index contributed by atoms with van der Waals surface area (Å²) in [4.78, 5) is 32.3. The van der Waals surface area contributed by atoms with Crippen LogP contribution in [0.1, 0.15) is 97.7 Å². The highest BCUT2D eigenvalue weighted by Crippen LogP contribution is 2.42. The zero-order chi connectivity index (χ0) is 27.1. The predicted octanol–water partition coefficient (Wildman–Crippen LogP) is 3.98. The number of rotatable bonds is 7. The van der Waals surface area contributed by atoms with Crippen LogP contribution in [-0.4, -0.2) is 60.3 Å². The second-order valence-electron chi connectivity index (χ2n) is 11.2. The van der Waals surface area contributed by atoms with E-state index in [9.17, 15) is 18.4 Å². The summed E-state index contributed by atoms with van der Waals surface area (Å²) in [6, 6.07) is 1.28. The van der Waals surface area contributed by atoms with Gasteiger partial charge in [-0.25, -0.2) is 27.7 Å². The van der Waals surface area contributed by atoms with Crippen LogP contribution >= 0.6 is 0 Å². The Hall–Kier alpha value is -3.64. The highest BCUT2D eigenvalue weighted by Gasteiger charge is 2.40. The number of fused-ring (bicyclic) bond motifs is 1. The number of hydrogen-bond acceptors (Lipinski definition) is 7. The topological polar surface area (TPSA) is 131 Å². The van der Waals surface area contributed by atoms with Crippen molar-refractivity contribution in [2.24, 2.45) is 5.92 Å². The van der Waals surface area contributed by atoms with Crippen molar-refractivity contribution in [3.05, 3.63) is 41.1 Å². The normalized spacial score (nSPS) is 22.9. The van der Waals surface area contributed by atoms with Gasteiger partial charge in [0.25, 0.3) is 5.91 Å². The van der Waals surface area contributed by atoms with Crippen LogP contribution in [0.4, 0.5) is 13.6 Å². The molecule has 3 aliphatic rings. The number of nitrogens with one attached hydrogen (secondary N) is 2. The van der Waals surface area contributed by atoms with Crippen molar-refractivity contribution >= 4 is 17.6 Å². The van der Waals surface area contributed by atoms with Crippen molar-refractivity contribution in [1.29, 1.82) is 0 Å². The average molecular weight is 543 g/mol. The number of halogens is 2. The fourth-order valence-corrected chi connectivity index (χ4v) is 5.62. The molecule has 0 bridgehead atoms. The SMILES string of the molecule is CC1CCCN(Cc2cnn3cc(C(NC(=O)c4nonc4C4CC4)C4CCC(F)(F)CC4)nc3c2)C(=O)N1. The first-order valence-electron chi connectivity index (χ1n) is 13.7. The molecule has 0 spiro atoms. The van der Waals surface area contributed by atoms with E-state index in [1.54, 1.807) is 21.8 Å². The van der Waals surface area contributed by atoms with Gasteiger partial charge < -0.3 is 15.5 Å². The molecule has 3 aromatic heterocycles. The molecule has 1 saturated heterocycles. The molecule has 4 heterocycles. The molecule has 2 unspecified atom stereocenters. The van der Waals surface area contributed by atoms with Crippen LogP contribution in [0.2, 0.25) is 0 Å². The zero-order valence-electron chi connectivity index (χ0n) is 21.8. The Balaban J connectivity index is 1.25. The molecule has 13 heteroatoms. The monoisotopic (exact) mass is 542 g/mol. The molecule has 11 nitrogen and oxygen atoms in total. The van der Waals surface area contributed by atoms with Crippen molar-refractivity contribution < 1.29 is 23.0 Å². The van der Waals surface area contributed by atoms with E-state index < -0.39 is 17.9 Å². The van der Waals surface area contributed by atoms with Gasteiger partial charge in [0.1, 0.15) is 5.69 Å². The van der Waals surface area contributed by atoms with Gasteiger partial charge in [-0.05, 0) is 68.2 Å². The van der Waals surface area contributed by atoms with E-state index in [0.717, 1.165) is 31.2 Å². The fourth-order valence-electron chi connectivity index (χ4n) is 5.62. The third-order valence-corrected chi connectivity index (χ3v) is 8.02. The Morgan fingerprint density at radius 1 is 1.23 bits per heavy atom. The number of aromatic nitrogens is 5. The summed E-state index contributed by atoms with van der Waals surface area (Å²) < 4.78 is 34.4. The Labute approximate surface area is 223 Å². The van der Waals surface area contributed by atoms with Crippen LogP contribution in [-0.2, 0) is 6.54 Å². The average Bonchev–Trinajstić information content (AvgIpc) is 3.51. The molecule has 2 atom stereocenters. The van der Waals surface area contributed by atoms with Gasteiger partial charge in [-0.15, -0.1) is 0 Å². The van der Waals surface area contributed by atoms with Crippen LogP contribution in [0.15, 0.2) is 23.1 Å². The molecule has 208 valence electrons. The molecule has 2 saturated carbocycles. The lowest BCUT2D eigenvalue weighted by Gasteiger charge is -2.33. The Morgan fingerprint density at radius 2 is 2.03 bits per heavy atom. The van der Waals surface area contributed by atoms with Gasteiger partial charge in [0.05, 0.1) is 24.1 Å². The van der Waals surface area contributed by atoms with Gasteiger partial charge in [0.2, 0.25) is 5.92 Å². The lowest BCUT2D eigenvalue weighted by molar-refractivity contribution is -0.0495. The number of carbonyl (C=O) groups excluding carboxylic acids is 2. The third-order valence-electron chi connectivity index (χ3n) is 8.02. The number of urea groups is 1. The van der Waals surface area contributed by atoms with Gasteiger partial charge in [0.15, 0.2) is 11.3 Å². The minimum Gasteiger partial charge on any atom is -0.342 e. The first-order chi connectivity index (χ1) is 18.8. The molecular formula is C26H32F2N8O3. The molecule has 3 aromatic rings. The third kappa shape index (κ3) is 5.57. The van der Waals surface area contributed by atoms with Crippen LogP contribution < -0.4 is 10.6 Å². The van der Waals surface area contributed by atoms with E-state index in [1.807, 2.05) is 13.0 Å². The van der Waals surface area contributed by atoms with Gasteiger partial charge in [-0.2, -0.15) is 5.10 Å². The minimum atomic E-state index is -2.70. The van der Waals surface area contributed by atoms with E-state index in [-0.39, 0.29) is 55.3 Å². The molecule has 1 aliphatic heterocycles. The number of carbonyl (C=O) groups is 2. The van der Waals surface area contributed by atoms with E-state index in [4.69, 9.17) is 9.61 Å². The number of alkyl halides is 2.